The van der Waals surface area contributed by atoms with Crippen molar-refractivity contribution in [1.82, 2.24) is 24.8 Å². The Bertz CT molecular complexity index is 1640. The molecule has 192 valence electrons. The molecule has 0 saturated carbocycles. The number of rotatable bonds is 3. The summed E-state index contributed by atoms with van der Waals surface area (Å²) in [6.07, 6.45) is 1.60. The monoisotopic (exact) mass is 654 g/mol. The molecule has 16 heteroatoms. The summed E-state index contributed by atoms with van der Waals surface area (Å²) in [4.78, 5) is 15.9. The third-order valence-electron chi connectivity index (χ3n) is 4.33. The Kier molecular flexibility index (Phi) is 10.2. The number of benzene rings is 2. The van der Waals surface area contributed by atoms with E-state index in [1.165, 1.54) is 40.1 Å². The van der Waals surface area contributed by atoms with Crippen LogP contribution in [-0.2, 0) is 0 Å². The van der Waals surface area contributed by atoms with Crippen LogP contribution in [0.25, 0.3) is 16.2 Å². The summed E-state index contributed by atoms with van der Waals surface area (Å²) in [6, 6.07) is 11.7. The van der Waals surface area contributed by atoms with Crippen molar-refractivity contribution >= 4 is 77.7 Å². The zero-order chi connectivity index (χ0) is 27.8. The van der Waals surface area contributed by atoms with Gasteiger partial charge in [-0.25, -0.2) is 18.3 Å². The Hall–Kier alpha value is -3.53. The molecule has 0 aliphatic heterocycles. The summed E-state index contributed by atoms with van der Waals surface area (Å²) in [7, 11) is 0. The highest BCUT2D eigenvalue weighted by Gasteiger charge is 2.13. The van der Waals surface area contributed by atoms with E-state index in [4.69, 9.17) is 39.5 Å². The molecule has 0 aliphatic carbocycles. The molecule has 2 aromatic carbocycles. The predicted octanol–water partition coefficient (Wildman–Crippen LogP) is 6.17. The SMILES string of the molecule is N#Cc1ccc(-c2cn3nc(Cl)sc3n2)c(F)c1.N#Cc1ccc(C(=O)CBr)c(F)c1.Nc1nnc(Cl)s1. The van der Waals surface area contributed by atoms with Crippen molar-refractivity contribution in [2.24, 2.45) is 0 Å². The van der Waals surface area contributed by atoms with Gasteiger partial charge in [-0.3, -0.25) is 4.79 Å². The highest BCUT2D eigenvalue weighted by atomic mass is 79.9. The fourth-order valence-corrected chi connectivity index (χ4v) is 4.51. The molecule has 0 fully saturated rings. The van der Waals surface area contributed by atoms with E-state index in [2.05, 4.69) is 36.2 Å². The third-order valence-corrected chi connectivity index (χ3v) is 6.70. The van der Waals surface area contributed by atoms with Crippen molar-refractivity contribution < 1.29 is 13.6 Å². The number of halogens is 5. The second-order valence-corrected chi connectivity index (χ2v) is 10.5. The van der Waals surface area contributed by atoms with Crippen molar-refractivity contribution in [2.75, 3.05) is 11.1 Å². The van der Waals surface area contributed by atoms with Gasteiger partial charge in [0.1, 0.15) is 11.6 Å². The van der Waals surface area contributed by atoms with E-state index in [1.54, 1.807) is 18.3 Å². The van der Waals surface area contributed by atoms with Gasteiger partial charge in [0.2, 0.25) is 19.0 Å². The van der Waals surface area contributed by atoms with Gasteiger partial charge in [-0.15, -0.1) is 15.3 Å². The molecule has 0 aliphatic rings. The number of nitriles is 2. The van der Waals surface area contributed by atoms with Crippen LogP contribution in [0.3, 0.4) is 0 Å². The average Bonchev–Trinajstić information content (AvgIpc) is 3.57. The third kappa shape index (κ3) is 7.50. The minimum Gasteiger partial charge on any atom is -0.374 e. The molecule has 0 radical (unpaired) electrons. The van der Waals surface area contributed by atoms with E-state index >= 15 is 0 Å². The van der Waals surface area contributed by atoms with Gasteiger partial charge in [0, 0.05) is 5.56 Å². The number of nitrogens with two attached hydrogens (primary N) is 1. The van der Waals surface area contributed by atoms with Crippen LogP contribution in [-0.4, -0.2) is 35.9 Å². The molecule has 2 N–H and O–H groups in total. The Labute approximate surface area is 239 Å². The van der Waals surface area contributed by atoms with Gasteiger partial charge in [0.25, 0.3) is 0 Å². The molecule has 5 aromatic rings. The number of ketones is 1. The number of nitrogen functional groups attached to an aromatic ring is 1. The molecule has 0 saturated heterocycles. The van der Waals surface area contributed by atoms with E-state index in [0.29, 0.717) is 30.3 Å². The van der Waals surface area contributed by atoms with Crippen LogP contribution in [0.1, 0.15) is 21.5 Å². The molecule has 0 spiro atoms. The summed E-state index contributed by atoms with van der Waals surface area (Å²) in [5.41, 5.74) is 6.44. The average molecular weight is 656 g/mol. The van der Waals surface area contributed by atoms with Crippen molar-refractivity contribution in [3.05, 3.63) is 79.9 Å². The molecule has 9 nitrogen and oxygen atoms in total. The largest absolute Gasteiger partial charge is 0.374 e. The van der Waals surface area contributed by atoms with Crippen molar-refractivity contribution in [1.29, 1.82) is 10.5 Å². The van der Waals surface area contributed by atoms with Crippen molar-refractivity contribution in [3.63, 3.8) is 0 Å². The first-order chi connectivity index (χ1) is 18.1. The zero-order valence-electron chi connectivity index (χ0n) is 18.6. The fourth-order valence-electron chi connectivity index (χ4n) is 2.70. The van der Waals surface area contributed by atoms with Gasteiger partial charge >= 0.3 is 0 Å². The summed E-state index contributed by atoms with van der Waals surface area (Å²) >= 11 is 16.4. The van der Waals surface area contributed by atoms with Gasteiger partial charge in [-0.2, -0.15) is 10.5 Å². The van der Waals surface area contributed by atoms with Crippen LogP contribution in [0.5, 0.6) is 0 Å². The van der Waals surface area contributed by atoms with Crippen LogP contribution >= 0.6 is 61.8 Å². The number of Topliss-reactive ketones (excluding diaryl/α,β-unsaturated/α-hetero) is 1. The van der Waals surface area contributed by atoms with E-state index in [9.17, 15) is 13.6 Å². The van der Waals surface area contributed by atoms with E-state index in [-0.39, 0.29) is 27.8 Å². The molecule has 38 heavy (non-hydrogen) atoms. The van der Waals surface area contributed by atoms with E-state index in [0.717, 1.165) is 17.4 Å². The summed E-state index contributed by atoms with van der Waals surface area (Å²) in [6.45, 7) is 0. The maximum Gasteiger partial charge on any atom is 0.213 e. The predicted molar refractivity (Wildman–Crippen MR) is 145 cm³/mol. The molecule has 0 bridgehead atoms. The van der Waals surface area contributed by atoms with Gasteiger partial charge in [-0.1, -0.05) is 38.6 Å². The van der Waals surface area contributed by atoms with Crippen LogP contribution in [0.15, 0.2) is 42.6 Å². The number of carbonyl (C=O) groups is 1. The Balaban J connectivity index is 0.000000175. The quantitative estimate of drug-likeness (QED) is 0.179. The molecule has 0 atom stereocenters. The highest BCUT2D eigenvalue weighted by molar-refractivity contribution is 9.09. The Morgan fingerprint density at radius 3 is 2.16 bits per heavy atom. The summed E-state index contributed by atoms with van der Waals surface area (Å²) in [5.74, 6) is -1.46. The number of nitrogens with zero attached hydrogens (tertiary/aromatic N) is 7. The minimum atomic E-state index is -0.650. The lowest BCUT2D eigenvalue weighted by Crippen LogP contribution is -2.03. The van der Waals surface area contributed by atoms with Crippen LogP contribution in [0, 0.1) is 34.3 Å². The highest BCUT2D eigenvalue weighted by Crippen LogP contribution is 2.26. The topological polar surface area (TPSA) is 147 Å². The lowest BCUT2D eigenvalue weighted by Gasteiger charge is -1.98. The number of carbonyl (C=O) groups excluding carboxylic acids is 1. The first-order valence-electron chi connectivity index (χ1n) is 9.90. The number of hydrogen-bond acceptors (Lipinski definition) is 10. The van der Waals surface area contributed by atoms with Gasteiger partial charge in [0.05, 0.1) is 46.0 Å². The second kappa shape index (κ2) is 13.3. The van der Waals surface area contributed by atoms with Gasteiger partial charge in [-0.05, 0) is 59.6 Å². The van der Waals surface area contributed by atoms with E-state index < -0.39 is 11.6 Å². The van der Waals surface area contributed by atoms with Crippen LogP contribution in [0.2, 0.25) is 8.93 Å². The van der Waals surface area contributed by atoms with E-state index in [1.807, 2.05) is 6.07 Å². The fraction of sp³-hybridized carbons (Fsp3) is 0.0455. The number of hydrogen-bond donors (Lipinski definition) is 1. The lowest BCUT2D eigenvalue weighted by molar-refractivity contribution is 0.102. The Morgan fingerprint density at radius 2 is 1.68 bits per heavy atom. The molecule has 0 amide bonds. The maximum absolute atomic E-state index is 13.8. The first kappa shape index (κ1) is 29.0. The molecule has 3 heterocycles. The Morgan fingerprint density at radius 1 is 1.03 bits per heavy atom. The number of aromatic nitrogens is 5. The van der Waals surface area contributed by atoms with Crippen molar-refractivity contribution in [3.8, 4) is 23.4 Å². The first-order valence-corrected chi connectivity index (χ1v) is 13.4. The molecule has 5 rings (SSSR count). The number of imidazole rings is 1. The standard InChI is InChI=1S/C11H4ClFN4S.C9H5BrFNO.C2H2ClN3S/c12-10-16-17-5-9(15-11(17)18-10)7-2-1-6(4-14)3-8(7)13;10-4-9(13)7-2-1-6(5-12)3-8(7)11;3-1-5-6-2(4)7-1/h1-3,5H;1-3H,4H2;(H2,4,6). The molecule has 3 aromatic heterocycles. The van der Waals surface area contributed by atoms with Gasteiger partial charge in [0.15, 0.2) is 5.78 Å². The number of alkyl halides is 1. The summed E-state index contributed by atoms with van der Waals surface area (Å²) in [5, 5.41) is 28.4. The van der Waals surface area contributed by atoms with Crippen LogP contribution in [0.4, 0.5) is 13.9 Å². The van der Waals surface area contributed by atoms with Crippen molar-refractivity contribution in [2.45, 2.75) is 0 Å². The zero-order valence-corrected chi connectivity index (χ0v) is 23.3. The lowest BCUT2D eigenvalue weighted by atomic mass is 10.1. The molecular weight excluding hydrogens is 645 g/mol. The maximum atomic E-state index is 13.8. The molecular formula is C22H11BrCl2F2N8OS2. The summed E-state index contributed by atoms with van der Waals surface area (Å²) < 4.78 is 29.1. The normalized spacial score (nSPS) is 9.97. The van der Waals surface area contributed by atoms with Crippen LogP contribution < -0.4 is 5.73 Å². The molecule has 0 unspecified atom stereocenters. The second-order valence-electron chi connectivity index (χ2n) is 6.77. The minimum absolute atomic E-state index is 0.0101. The number of anilines is 1. The van der Waals surface area contributed by atoms with Gasteiger partial charge < -0.3 is 5.73 Å². The number of fused-ring (bicyclic) bond motifs is 1. The smallest absolute Gasteiger partial charge is 0.213 e.